The lowest BCUT2D eigenvalue weighted by molar-refractivity contribution is 0.104. The molecular weight excluding hydrogens is 332 g/mol. The van der Waals surface area contributed by atoms with Crippen molar-refractivity contribution >= 4 is 27.8 Å². The number of rotatable bonds is 5. The Morgan fingerprint density at radius 3 is 2.29 bits per heavy atom. The summed E-state index contributed by atoms with van der Waals surface area (Å²) >= 11 is 3.37. The molecule has 0 aliphatic carbocycles. The summed E-state index contributed by atoms with van der Waals surface area (Å²) in [6.07, 6.45) is 3.33. The van der Waals surface area contributed by atoms with Crippen LogP contribution in [0.25, 0.3) is 6.08 Å². The highest BCUT2D eigenvalue weighted by Crippen LogP contribution is 2.27. The van der Waals surface area contributed by atoms with E-state index >= 15 is 0 Å². The van der Waals surface area contributed by atoms with Crippen molar-refractivity contribution in [3.8, 4) is 11.5 Å². The summed E-state index contributed by atoms with van der Waals surface area (Å²) in [5, 5.41) is 0. The van der Waals surface area contributed by atoms with Crippen LogP contribution in [0.2, 0.25) is 0 Å². The molecule has 0 radical (unpaired) electrons. The predicted molar refractivity (Wildman–Crippen MR) is 87.1 cm³/mol. The third-order valence-corrected chi connectivity index (χ3v) is 3.49. The first kappa shape index (κ1) is 15.3. The minimum atomic E-state index is -0.0844. The Kier molecular flexibility index (Phi) is 5.17. The molecule has 2 aromatic carbocycles. The monoisotopic (exact) mass is 346 g/mol. The van der Waals surface area contributed by atoms with E-state index in [0.29, 0.717) is 17.1 Å². The van der Waals surface area contributed by atoms with Gasteiger partial charge in [0.25, 0.3) is 0 Å². The Morgan fingerprint density at radius 2 is 1.67 bits per heavy atom. The van der Waals surface area contributed by atoms with Gasteiger partial charge in [0.05, 0.1) is 14.2 Å². The molecule has 0 aliphatic heterocycles. The maximum absolute atomic E-state index is 12.2. The summed E-state index contributed by atoms with van der Waals surface area (Å²) in [5.74, 6) is 1.06. The quantitative estimate of drug-likeness (QED) is 0.595. The number of benzene rings is 2. The number of halogens is 1. The topological polar surface area (TPSA) is 35.5 Å². The Balaban J connectivity index is 2.18. The SMILES string of the molecule is COc1ccc(C(=O)/C=C/c2ccc(Br)cc2)cc1OC. The Labute approximate surface area is 132 Å². The fourth-order valence-electron chi connectivity index (χ4n) is 1.83. The molecule has 3 nitrogen and oxygen atoms in total. The van der Waals surface area contributed by atoms with Crippen LogP contribution in [-0.4, -0.2) is 20.0 Å². The number of hydrogen-bond donors (Lipinski definition) is 0. The number of ketones is 1. The molecule has 2 rings (SSSR count). The first-order valence-corrected chi connectivity index (χ1v) is 7.13. The van der Waals surface area contributed by atoms with Gasteiger partial charge in [-0.2, -0.15) is 0 Å². The van der Waals surface area contributed by atoms with Gasteiger partial charge in [-0.05, 0) is 42.0 Å². The zero-order chi connectivity index (χ0) is 15.2. The average Bonchev–Trinajstić information content (AvgIpc) is 2.53. The van der Waals surface area contributed by atoms with E-state index in [1.807, 2.05) is 24.3 Å². The maximum Gasteiger partial charge on any atom is 0.185 e. The van der Waals surface area contributed by atoms with E-state index in [9.17, 15) is 4.79 Å². The van der Waals surface area contributed by atoms with Gasteiger partial charge in [0.1, 0.15) is 0 Å². The molecular formula is C17H15BrO3. The molecule has 0 saturated carbocycles. The van der Waals surface area contributed by atoms with Gasteiger partial charge in [-0.1, -0.05) is 34.1 Å². The second-order valence-electron chi connectivity index (χ2n) is 4.32. The van der Waals surface area contributed by atoms with Gasteiger partial charge in [0.15, 0.2) is 17.3 Å². The molecule has 0 bridgehead atoms. The van der Waals surface area contributed by atoms with Crippen molar-refractivity contribution < 1.29 is 14.3 Å². The molecule has 0 unspecified atom stereocenters. The van der Waals surface area contributed by atoms with Gasteiger partial charge in [0.2, 0.25) is 0 Å². The molecule has 0 fully saturated rings. The molecule has 0 N–H and O–H groups in total. The molecule has 0 aliphatic rings. The fourth-order valence-corrected chi connectivity index (χ4v) is 2.10. The second-order valence-corrected chi connectivity index (χ2v) is 5.23. The molecule has 108 valence electrons. The normalized spacial score (nSPS) is 10.6. The maximum atomic E-state index is 12.2. The summed E-state index contributed by atoms with van der Waals surface area (Å²) in [7, 11) is 3.11. The van der Waals surface area contributed by atoms with E-state index in [2.05, 4.69) is 15.9 Å². The Morgan fingerprint density at radius 1 is 1.00 bits per heavy atom. The number of carbonyl (C=O) groups is 1. The van der Waals surface area contributed by atoms with Crippen molar-refractivity contribution in [1.29, 1.82) is 0 Å². The average molecular weight is 347 g/mol. The molecule has 0 spiro atoms. The Hall–Kier alpha value is -2.07. The molecule has 2 aromatic rings. The van der Waals surface area contributed by atoms with Gasteiger partial charge < -0.3 is 9.47 Å². The molecule has 0 aromatic heterocycles. The van der Waals surface area contributed by atoms with Gasteiger partial charge in [-0.3, -0.25) is 4.79 Å². The summed E-state index contributed by atoms with van der Waals surface area (Å²) in [4.78, 5) is 12.2. The zero-order valence-electron chi connectivity index (χ0n) is 11.8. The van der Waals surface area contributed by atoms with Gasteiger partial charge in [-0.25, -0.2) is 0 Å². The largest absolute Gasteiger partial charge is 0.493 e. The summed E-state index contributed by atoms with van der Waals surface area (Å²) in [6, 6.07) is 12.8. The first-order valence-electron chi connectivity index (χ1n) is 6.34. The van der Waals surface area contributed by atoms with E-state index in [4.69, 9.17) is 9.47 Å². The van der Waals surface area contributed by atoms with Gasteiger partial charge in [-0.15, -0.1) is 0 Å². The van der Waals surface area contributed by atoms with Crippen LogP contribution in [0.1, 0.15) is 15.9 Å². The van der Waals surface area contributed by atoms with Gasteiger partial charge >= 0.3 is 0 Å². The Bertz CT molecular complexity index is 660. The van der Waals surface area contributed by atoms with Crippen LogP contribution in [0.15, 0.2) is 53.0 Å². The van der Waals surface area contributed by atoms with Crippen molar-refractivity contribution in [2.24, 2.45) is 0 Å². The lowest BCUT2D eigenvalue weighted by atomic mass is 10.1. The van der Waals surface area contributed by atoms with Crippen molar-refractivity contribution in [3.63, 3.8) is 0 Å². The number of ether oxygens (including phenoxy) is 2. The third-order valence-electron chi connectivity index (χ3n) is 2.97. The highest BCUT2D eigenvalue weighted by molar-refractivity contribution is 9.10. The number of hydrogen-bond acceptors (Lipinski definition) is 3. The smallest absolute Gasteiger partial charge is 0.185 e. The van der Waals surface area contributed by atoms with Crippen LogP contribution in [0, 0.1) is 0 Å². The van der Waals surface area contributed by atoms with Crippen molar-refractivity contribution in [2.75, 3.05) is 14.2 Å². The standard InChI is InChI=1S/C17H15BrO3/c1-20-16-10-6-13(11-17(16)21-2)15(19)9-5-12-3-7-14(18)8-4-12/h3-11H,1-2H3/b9-5+. The molecule has 0 amide bonds. The third kappa shape index (κ3) is 3.95. The summed E-state index contributed by atoms with van der Waals surface area (Å²) in [5.41, 5.74) is 1.52. The van der Waals surface area contributed by atoms with Crippen LogP contribution in [-0.2, 0) is 0 Å². The van der Waals surface area contributed by atoms with Crippen LogP contribution < -0.4 is 9.47 Å². The first-order chi connectivity index (χ1) is 10.1. The van der Waals surface area contributed by atoms with E-state index < -0.39 is 0 Å². The van der Waals surface area contributed by atoms with Crippen LogP contribution >= 0.6 is 15.9 Å². The van der Waals surface area contributed by atoms with E-state index in [0.717, 1.165) is 10.0 Å². The van der Waals surface area contributed by atoms with Crippen molar-refractivity contribution in [1.82, 2.24) is 0 Å². The van der Waals surface area contributed by atoms with Crippen molar-refractivity contribution in [2.45, 2.75) is 0 Å². The zero-order valence-corrected chi connectivity index (χ0v) is 13.4. The van der Waals surface area contributed by atoms with Crippen LogP contribution in [0.5, 0.6) is 11.5 Å². The number of carbonyl (C=O) groups excluding carboxylic acids is 1. The number of methoxy groups -OCH3 is 2. The summed E-state index contributed by atoms with van der Waals surface area (Å²) < 4.78 is 11.4. The molecule has 21 heavy (non-hydrogen) atoms. The lowest BCUT2D eigenvalue weighted by Crippen LogP contribution is -1.97. The molecule has 0 heterocycles. The highest BCUT2D eigenvalue weighted by Gasteiger charge is 2.08. The number of allylic oxidation sites excluding steroid dienone is 1. The predicted octanol–water partition coefficient (Wildman–Crippen LogP) is 4.36. The lowest BCUT2D eigenvalue weighted by Gasteiger charge is -2.07. The van der Waals surface area contributed by atoms with E-state index in [1.165, 1.54) is 0 Å². The van der Waals surface area contributed by atoms with E-state index in [-0.39, 0.29) is 5.78 Å². The minimum Gasteiger partial charge on any atom is -0.493 e. The summed E-state index contributed by atoms with van der Waals surface area (Å²) in [6.45, 7) is 0. The fraction of sp³-hybridized carbons (Fsp3) is 0.118. The van der Waals surface area contributed by atoms with Gasteiger partial charge in [0, 0.05) is 10.0 Å². The molecule has 4 heteroatoms. The van der Waals surface area contributed by atoms with Crippen molar-refractivity contribution in [3.05, 3.63) is 64.1 Å². The second kappa shape index (κ2) is 7.09. The van der Waals surface area contributed by atoms with E-state index in [1.54, 1.807) is 44.6 Å². The van der Waals surface area contributed by atoms with Crippen LogP contribution in [0.3, 0.4) is 0 Å². The molecule has 0 saturated heterocycles. The molecule has 0 atom stereocenters. The van der Waals surface area contributed by atoms with Crippen LogP contribution in [0.4, 0.5) is 0 Å². The highest BCUT2D eigenvalue weighted by atomic mass is 79.9. The minimum absolute atomic E-state index is 0.0844.